The first-order valence-electron chi connectivity index (χ1n) is 5.74. The van der Waals surface area contributed by atoms with E-state index in [9.17, 15) is 18.1 Å². The van der Waals surface area contributed by atoms with E-state index in [1.54, 1.807) is 0 Å². The molecule has 0 saturated carbocycles. The van der Waals surface area contributed by atoms with Gasteiger partial charge in [0.1, 0.15) is 6.07 Å². The number of nitriles is 1. The van der Waals surface area contributed by atoms with Crippen LogP contribution in [0.4, 0.5) is 18.9 Å². The molecule has 2 aromatic heterocycles. The van der Waals surface area contributed by atoms with Gasteiger partial charge in [0.15, 0.2) is 6.54 Å². The maximum atomic E-state index is 12.8. The normalized spacial score (nSPS) is 11.2. The summed E-state index contributed by atoms with van der Waals surface area (Å²) in [5, 5.41) is 13.5. The van der Waals surface area contributed by atoms with Crippen LogP contribution in [0.1, 0.15) is 22.5 Å². The number of nitrogens with one attached hydrogen (secondary N) is 1. The molecular weight excluding hydrogens is 287 g/mol. The molecule has 0 unspecified atom stereocenters. The van der Waals surface area contributed by atoms with E-state index < -0.39 is 17.6 Å². The van der Waals surface area contributed by atoms with Crippen LogP contribution in [0.2, 0.25) is 0 Å². The van der Waals surface area contributed by atoms with E-state index in [0.29, 0.717) is 5.56 Å². The summed E-state index contributed by atoms with van der Waals surface area (Å²) < 4.78 is 39.5. The van der Waals surface area contributed by atoms with Crippen molar-refractivity contribution < 1.29 is 17.9 Å². The van der Waals surface area contributed by atoms with Gasteiger partial charge in [-0.05, 0) is 11.2 Å². The molecule has 0 radical (unpaired) electrons. The lowest BCUT2D eigenvalue weighted by atomic mass is 10.1. The van der Waals surface area contributed by atoms with Crippen molar-refractivity contribution in [2.75, 3.05) is 0 Å². The van der Waals surface area contributed by atoms with Crippen LogP contribution in [0.15, 0.2) is 23.6 Å². The summed E-state index contributed by atoms with van der Waals surface area (Å²) in [5.41, 5.74) is -1.13. The van der Waals surface area contributed by atoms with Crippen LogP contribution in [0.5, 0.6) is 0 Å². The molecule has 0 aromatic carbocycles. The van der Waals surface area contributed by atoms with Gasteiger partial charge in [-0.25, -0.2) is 0 Å². The number of alkyl halides is 3. The highest BCUT2D eigenvalue weighted by atomic mass is 19.4. The van der Waals surface area contributed by atoms with Crippen molar-refractivity contribution in [3.05, 3.63) is 45.9 Å². The Labute approximate surface area is 116 Å². The fourth-order valence-electron chi connectivity index (χ4n) is 1.88. The van der Waals surface area contributed by atoms with Gasteiger partial charge in [0.2, 0.25) is 17.1 Å². The van der Waals surface area contributed by atoms with Crippen LogP contribution < -0.4 is 4.68 Å². The summed E-state index contributed by atoms with van der Waals surface area (Å²) in [4.78, 5) is 14.4. The van der Waals surface area contributed by atoms with Gasteiger partial charge in [-0.3, -0.25) is 4.98 Å². The second-order valence-electron chi connectivity index (χ2n) is 4.24. The van der Waals surface area contributed by atoms with Gasteiger partial charge in [-0.2, -0.15) is 23.5 Å². The van der Waals surface area contributed by atoms with Gasteiger partial charge in [0.25, 0.3) is 0 Å². The minimum Gasteiger partial charge on any atom is -0.263 e. The topological polar surface area (TPSA) is 85.8 Å². The molecule has 21 heavy (non-hydrogen) atoms. The van der Waals surface area contributed by atoms with Crippen molar-refractivity contribution in [1.29, 1.82) is 5.26 Å². The third-order valence-electron chi connectivity index (χ3n) is 2.97. The van der Waals surface area contributed by atoms with E-state index >= 15 is 0 Å². The molecule has 6 nitrogen and oxygen atoms in total. The molecule has 0 bridgehead atoms. The van der Waals surface area contributed by atoms with E-state index in [1.807, 2.05) is 6.07 Å². The van der Waals surface area contributed by atoms with Crippen LogP contribution in [0, 0.1) is 23.2 Å². The monoisotopic (exact) mass is 296 g/mol. The molecule has 108 valence electrons. The Balaban J connectivity index is 2.49. The Kier molecular flexibility index (Phi) is 3.71. The molecule has 0 aliphatic rings. The molecule has 0 amide bonds. The second-order valence-corrected chi connectivity index (χ2v) is 4.24. The van der Waals surface area contributed by atoms with Crippen LogP contribution in [0.25, 0.3) is 0 Å². The molecule has 0 aliphatic heterocycles. The molecule has 2 rings (SSSR count). The minimum absolute atomic E-state index is 0.0319. The number of rotatable bonds is 3. The first-order valence-corrected chi connectivity index (χ1v) is 5.74. The Bertz CT molecular complexity index is 729. The maximum absolute atomic E-state index is 12.8. The summed E-state index contributed by atoms with van der Waals surface area (Å²) in [6.07, 6.45) is -1.97. The number of nitrogens with zero attached hydrogens (tertiary/aromatic N) is 4. The van der Waals surface area contributed by atoms with Gasteiger partial charge in [-0.15, -0.1) is 9.59 Å². The minimum atomic E-state index is -4.71. The van der Waals surface area contributed by atoms with Crippen molar-refractivity contribution in [3.8, 4) is 6.07 Å². The molecule has 2 heterocycles. The SMILES string of the molecule is Cc1c(N=O)c(C(F)(F)F)[nH][n+]1Cc1ccncc1C#N. The number of aromatic amines is 1. The zero-order valence-corrected chi connectivity index (χ0v) is 10.8. The van der Waals surface area contributed by atoms with Crippen molar-refractivity contribution in [2.45, 2.75) is 19.6 Å². The number of H-pyrrole nitrogens is 1. The molecular formula is C12H9F3N5O+. The molecule has 0 spiro atoms. The smallest absolute Gasteiger partial charge is 0.263 e. The number of pyridine rings is 1. The number of aromatic nitrogens is 3. The van der Waals surface area contributed by atoms with Crippen LogP contribution in [0.3, 0.4) is 0 Å². The van der Waals surface area contributed by atoms with Gasteiger partial charge in [0.05, 0.1) is 5.56 Å². The van der Waals surface area contributed by atoms with Gasteiger partial charge >= 0.3 is 6.18 Å². The quantitative estimate of drug-likeness (QED) is 0.696. The average Bonchev–Trinajstić information content (AvgIpc) is 2.76. The number of hydrogen-bond donors (Lipinski definition) is 1. The lowest BCUT2D eigenvalue weighted by Crippen LogP contribution is -2.39. The van der Waals surface area contributed by atoms with E-state index in [4.69, 9.17) is 5.26 Å². The zero-order chi connectivity index (χ0) is 15.6. The number of nitroso groups, excluding NO2 is 1. The van der Waals surface area contributed by atoms with E-state index in [-0.39, 0.29) is 17.8 Å². The molecule has 0 fully saturated rings. The molecule has 0 saturated heterocycles. The molecule has 0 aliphatic carbocycles. The third-order valence-corrected chi connectivity index (χ3v) is 2.97. The Morgan fingerprint density at radius 3 is 2.76 bits per heavy atom. The van der Waals surface area contributed by atoms with Gasteiger partial charge in [-0.1, -0.05) is 0 Å². The standard InChI is InChI=1S/C12H8F3N5O/c1-7-10(19-21)11(12(13,14)15)18-20(7)6-8-2-3-17-5-9(8)4-16/h2-3,5H,6H2,1H3/p+1. The van der Waals surface area contributed by atoms with Crippen molar-refractivity contribution in [1.82, 2.24) is 10.1 Å². The van der Waals surface area contributed by atoms with Crippen molar-refractivity contribution >= 4 is 5.69 Å². The first kappa shape index (κ1) is 14.6. The summed E-state index contributed by atoms with van der Waals surface area (Å²) >= 11 is 0. The first-order chi connectivity index (χ1) is 9.88. The van der Waals surface area contributed by atoms with E-state index in [1.165, 1.54) is 25.4 Å². The zero-order valence-electron chi connectivity index (χ0n) is 10.8. The maximum Gasteiger partial charge on any atom is 0.439 e. The van der Waals surface area contributed by atoms with Gasteiger partial charge in [0, 0.05) is 24.9 Å². The highest BCUT2D eigenvalue weighted by Crippen LogP contribution is 2.35. The largest absolute Gasteiger partial charge is 0.439 e. The molecule has 1 N–H and O–H groups in total. The summed E-state index contributed by atoms with van der Waals surface area (Å²) in [6.45, 7) is 1.31. The summed E-state index contributed by atoms with van der Waals surface area (Å²) in [7, 11) is 0. The van der Waals surface area contributed by atoms with E-state index in [2.05, 4.69) is 15.3 Å². The van der Waals surface area contributed by atoms with Crippen LogP contribution >= 0.6 is 0 Å². The lowest BCUT2D eigenvalue weighted by molar-refractivity contribution is -0.748. The Morgan fingerprint density at radius 1 is 1.52 bits per heavy atom. The fourth-order valence-corrected chi connectivity index (χ4v) is 1.88. The predicted octanol–water partition coefficient (Wildman–Crippen LogP) is 2.34. The Morgan fingerprint density at radius 2 is 2.24 bits per heavy atom. The van der Waals surface area contributed by atoms with E-state index in [0.717, 1.165) is 4.68 Å². The molecule has 0 atom stereocenters. The summed E-state index contributed by atoms with van der Waals surface area (Å²) in [6, 6.07) is 3.42. The van der Waals surface area contributed by atoms with Gasteiger partial charge < -0.3 is 0 Å². The molecule has 2 aromatic rings. The van der Waals surface area contributed by atoms with Crippen molar-refractivity contribution in [2.24, 2.45) is 5.18 Å². The number of halogens is 3. The van der Waals surface area contributed by atoms with Crippen molar-refractivity contribution in [3.63, 3.8) is 0 Å². The average molecular weight is 296 g/mol. The number of hydrogen-bond acceptors (Lipinski definition) is 4. The predicted molar refractivity (Wildman–Crippen MR) is 64.2 cm³/mol. The van der Waals surface area contributed by atoms with Crippen LogP contribution in [-0.2, 0) is 12.7 Å². The summed E-state index contributed by atoms with van der Waals surface area (Å²) in [5.74, 6) is 0. The second kappa shape index (κ2) is 5.32. The fraction of sp³-hybridized carbons (Fsp3) is 0.250. The highest BCUT2D eigenvalue weighted by molar-refractivity contribution is 5.45. The third kappa shape index (κ3) is 2.74. The molecule has 9 heteroatoms. The highest BCUT2D eigenvalue weighted by Gasteiger charge is 2.42. The van der Waals surface area contributed by atoms with Crippen LogP contribution in [-0.4, -0.2) is 10.1 Å². The lowest BCUT2D eigenvalue weighted by Gasteiger charge is -2.00. The Hall–Kier alpha value is -2.76.